The quantitative estimate of drug-likeness (QED) is 0.0757. The van der Waals surface area contributed by atoms with Gasteiger partial charge in [-0.1, -0.05) is 71.1 Å². The van der Waals surface area contributed by atoms with E-state index in [9.17, 15) is 45.6 Å². The Hall–Kier alpha value is 0.410. The Kier molecular flexibility index (Phi) is 15.0. The van der Waals surface area contributed by atoms with E-state index in [1.807, 2.05) is 0 Å². The van der Waals surface area contributed by atoms with Crippen LogP contribution in [-0.4, -0.2) is 113 Å². The number of aliphatic hydroxyl groups is 8. The van der Waals surface area contributed by atoms with Crippen LogP contribution in [0.25, 0.3) is 0 Å². The Morgan fingerprint density at radius 2 is 0.966 bits per heavy atom. The zero-order valence-electron chi connectivity index (χ0n) is 16.4. The van der Waals surface area contributed by atoms with Crippen molar-refractivity contribution >= 4 is 43.7 Å². The van der Waals surface area contributed by atoms with E-state index < -0.39 is 35.5 Å². The predicted octanol–water partition coefficient (Wildman–Crippen LogP) is -1.42. The maximum atomic E-state index is 10.7. The normalized spacial score (nSPS) is 13.3. The molecule has 0 unspecified atom stereocenters. The fourth-order valence-corrected chi connectivity index (χ4v) is 2.88. The Morgan fingerprint density at radius 3 is 1.31 bits per heavy atom. The summed E-state index contributed by atoms with van der Waals surface area (Å²) in [6, 6.07) is 0. The second-order valence-electron chi connectivity index (χ2n) is 7.42. The topological polar surface area (TPSA) is 199 Å². The molecule has 29 heavy (non-hydrogen) atoms. The molecular formula is C18H38CaO10. The minimum absolute atomic E-state index is 0. The number of rotatable bonds is 16. The van der Waals surface area contributed by atoms with Gasteiger partial charge in [-0.3, -0.25) is 0 Å². The summed E-state index contributed by atoms with van der Waals surface area (Å²) in [5.74, 6) is -19.7. The van der Waals surface area contributed by atoms with E-state index in [-0.39, 0.29) is 44.2 Å². The number of carboxylic acid groups (broad SMARTS) is 1. The summed E-state index contributed by atoms with van der Waals surface area (Å²) < 4.78 is 0. The molecule has 0 aromatic heterocycles. The number of carboxylic acids is 1. The van der Waals surface area contributed by atoms with Crippen molar-refractivity contribution in [3.8, 4) is 0 Å². The van der Waals surface area contributed by atoms with Gasteiger partial charge < -0.3 is 46.0 Å². The summed E-state index contributed by atoms with van der Waals surface area (Å²) in [6.07, 6.45) is 9.55. The molecule has 0 aliphatic carbocycles. The van der Waals surface area contributed by atoms with E-state index in [2.05, 4.69) is 6.92 Å². The van der Waals surface area contributed by atoms with Crippen LogP contribution in [0.15, 0.2) is 0 Å². The monoisotopic (exact) mass is 454 g/mol. The van der Waals surface area contributed by atoms with Gasteiger partial charge in [0.1, 0.15) is 0 Å². The molecule has 0 aliphatic heterocycles. The molecule has 0 aromatic rings. The molecule has 11 heteroatoms. The summed E-state index contributed by atoms with van der Waals surface area (Å²) >= 11 is 0. The van der Waals surface area contributed by atoms with Crippen LogP contribution in [0.2, 0.25) is 0 Å². The SMILES string of the molecule is CCCCCCCCCCCCCC(O)(O)C(O)(O)C(O)(O)C(O)(O)C(=O)O.[CaH2]. The fraction of sp³-hybridized carbons (Fsp3) is 0.944. The summed E-state index contributed by atoms with van der Waals surface area (Å²) in [4.78, 5) is 10.7. The van der Waals surface area contributed by atoms with Crippen molar-refractivity contribution in [3.63, 3.8) is 0 Å². The van der Waals surface area contributed by atoms with E-state index in [1.165, 1.54) is 25.7 Å². The molecule has 0 saturated heterocycles. The molecule has 172 valence electrons. The second-order valence-corrected chi connectivity index (χ2v) is 7.42. The standard InChI is InChI=1S/C18H36O10.Ca.2H/c1-2-3-4-5-6-7-8-9-10-11-12-13-15(21,22)17(25,26)18(27,28)16(23,24)14(19)20;;;/h21-28H,2-13H2,1H3,(H,19,20);;;. The van der Waals surface area contributed by atoms with Crippen LogP contribution < -0.4 is 0 Å². The van der Waals surface area contributed by atoms with Crippen LogP contribution in [0.3, 0.4) is 0 Å². The molecule has 0 atom stereocenters. The van der Waals surface area contributed by atoms with E-state index in [1.54, 1.807) is 0 Å². The molecule has 0 radical (unpaired) electrons. The number of hydrogen-bond acceptors (Lipinski definition) is 9. The van der Waals surface area contributed by atoms with Gasteiger partial charge in [-0.15, -0.1) is 0 Å². The third-order valence-electron chi connectivity index (χ3n) is 4.96. The Morgan fingerprint density at radius 1 is 0.621 bits per heavy atom. The first-order valence-corrected chi connectivity index (χ1v) is 9.78. The van der Waals surface area contributed by atoms with Crippen LogP contribution in [0.4, 0.5) is 0 Å². The van der Waals surface area contributed by atoms with Gasteiger partial charge in [0.2, 0.25) is 5.79 Å². The number of carbonyl (C=O) groups is 1. The molecule has 0 aliphatic rings. The number of unbranched alkanes of at least 4 members (excludes halogenated alkanes) is 10. The van der Waals surface area contributed by atoms with Crippen LogP contribution in [0.1, 0.15) is 84.0 Å². The van der Waals surface area contributed by atoms with Gasteiger partial charge in [-0.2, -0.15) is 0 Å². The predicted molar refractivity (Wildman–Crippen MR) is 106 cm³/mol. The summed E-state index contributed by atoms with van der Waals surface area (Å²) in [5, 5.41) is 84.9. The van der Waals surface area contributed by atoms with E-state index in [4.69, 9.17) is 5.11 Å². The third-order valence-corrected chi connectivity index (χ3v) is 4.96. The molecular weight excluding hydrogens is 416 g/mol. The van der Waals surface area contributed by atoms with Crippen molar-refractivity contribution in [1.29, 1.82) is 0 Å². The van der Waals surface area contributed by atoms with Gasteiger partial charge in [0, 0.05) is 6.42 Å². The maximum absolute atomic E-state index is 10.7. The summed E-state index contributed by atoms with van der Waals surface area (Å²) in [5.41, 5.74) is 0. The van der Waals surface area contributed by atoms with E-state index >= 15 is 0 Å². The summed E-state index contributed by atoms with van der Waals surface area (Å²) in [6.45, 7) is 2.16. The van der Waals surface area contributed by atoms with Crippen LogP contribution in [0, 0.1) is 0 Å². The molecule has 0 rings (SSSR count). The molecule has 0 fully saturated rings. The molecule has 0 bridgehead atoms. The average molecular weight is 455 g/mol. The first-order valence-electron chi connectivity index (χ1n) is 9.78. The Bertz CT molecular complexity index is 466. The van der Waals surface area contributed by atoms with Crippen molar-refractivity contribution in [2.45, 2.75) is 107 Å². The first-order chi connectivity index (χ1) is 12.8. The molecule has 0 spiro atoms. The fourth-order valence-electron chi connectivity index (χ4n) is 2.88. The van der Waals surface area contributed by atoms with Crippen molar-refractivity contribution in [2.75, 3.05) is 0 Å². The van der Waals surface area contributed by atoms with Crippen molar-refractivity contribution in [3.05, 3.63) is 0 Å². The number of hydrogen-bond donors (Lipinski definition) is 9. The van der Waals surface area contributed by atoms with Crippen LogP contribution in [0.5, 0.6) is 0 Å². The van der Waals surface area contributed by atoms with Crippen LogP contribution >= 0.6 is 0 Å². The van der Waals surface area contributed by atoms with Crippen molar-refractivity contribution in [2.24, 2.45) is 0 Å². The zero-order valence-corrected chi connectivity index (χ0v) is 16.4. The summed E-state index contributed by atoms with van der Waals surface area (Å²) in [7, 11) is 0. The molecule has 9 N–H and O–H groups in total. The molecule has 0 saturated carbocycles. The van der Waals surface area contributed by atoms with E-state index in [0.717, 1.165) is 32.1 Å². The van der Waals surface area contributed by atoms with Gasteiger partial charge in [-0.05, 0) is 6.42 Å². The molecule has 0 aromatic carbocycles. The minimum atomic E-state index is -4.59. The average Bonchev–Trinajstić information content (AvgIpc) is 2.58. The molecule has 10 nitrogen and oxygen atoms in total. The number of aliphatic carboxylic acids is 1. The van der Waals surface area contributed by atoms with Crippen molar-refractivity contribution in [1.82, 2.24) is 0 Å². The van der Waals surface area contributed by atoms with Gasteiger partial charge in [0.25, 0.3) is 11.6 Å². The zero-order chi connectivity index (χ0) is 22.1. The van der Waals surface area contributed by atoms with Gasteiger partial charge >= 0.3 is 49.5 Å². The third kappa shape index (κ3) is 8.82. The second kappa shape index (κ2) is 13.7. The van der Waals surface area contributed by atoms with Gasteiger partial charge in [0.15, 0.2) is 0 Å². The van der Waals surface area contributed by atoms with E-state index in [0.29, 0.717) is 6.42 Å². The van der Waals surface area contributed by atoms with Gasteiger partial charge in [-0.25, -0.2) is 4.79 Å². The first kappa shape index (κ1) is 31.6. The molecule has 0 heterocycles. The Balaban J connectivity index is 0. The van der Waals surface area contributed by atoms with Crippen LogP contribution in [-0.2, 0) is 4.79 Å². The molecule has 0 amide bonds. The van der Waals surface area contributed by atoms with Crippen molar-refractivity contribution < 1.29 is 50.8 Å². The Labute approximate surface area is 200 Å². The van der Waals surface area contributed by atoms with Gasteiger partial charge in [0.05, 0.1) is 0 Å².